The van der Waals surface area contributed by atoms with Crippen molar-refractivity contribution < 1.29 is 9.84 Å². The molecule has 0 bridgehead atoms. The Morgan fingerprint density at radius 1 is 1.38 bits per heavy atom. The molecule has 1 atom stereocenters. The molecule has 0 radical (unpaired) electrons. The maximum absolute atomic E-state index is 9.59. The summed E-state index contributed by atoms with van der Waals surface area (Å²) < 4.78 is 5.38. The van der Waals surface area contributed by atoms with Gasteiger partial charge in [-0.25, -0.2) is 0 Å². The smallest absolute Gasteiger partial charge is 0.0501 e. The third-order valence-electron chi connectivity index (χ3n) is 4.26. The first-order valence-corrected chi connectivity index (χ1v) is 6.72. The van der Waals surface area contributed by atoms with Gasteiger partial charge in [-0.3, -0.25) is 0 Å². The second kappa shape index (κ2) is 5.48. The first-order valence-electron chi connectivity index (χ1n) is 6.72. The molecule has 1 saturated carbocycles. The molecule has 1 aliphatic carbocycles. The van der Waals surface area contributed by atoms with E-state index in [9.17, 15) is 5.11 Å². The van der Waals surface area contributed by atoms with Crippen LogP contribution in [0.15, 0.2) is 0 Å². The minimum absolute atomic E-state index is 0.0839. The van der Waals surface area contributed by atoms with Gasteiger partial charge in [0, 0.05) is 31.2 Å². The molecule has 1 aliphatic heterocycles. The van der Waals surface area contributed by atoms with Crippen LogP contribution in [-0.4, -0.2) is 37.5 Å². The molecule has 1 unspecified atom stereocenters. The Bertz CT molecular complexity index is 210. The van der Waals surface area contributed by atoms with Crippen LogP contribution in [0.2, 0.25) is 0 Å². The molecule has 2 fully saturated rings. The van der Waals surface area contributed by atoms with E-state index in [0.29, 0.717) is 12.6 Å². The van der Waals surface area contributed by atoms with Crippen molar-refractivity contribution in [2.45, 2.75) is 45.1 Å². The number of hydrogen-bond acceptors (Lipinski definition) is 3. The molecular weight excluding hydrogens is 202 g/mol. The van der Waals surface area contributed by atoms with Gasteiger partial charge in [0.2, 0.25) is 0 Å². The predicted molar refractivity (Wildman–Crippen MR) is 64.4 cm³/mol. The number of rotatable bonds is 6. The first kappa shape index (κ1) is 12.3. The van der Waals surface area contributed by atoms with Crippen LogP contribution in [0, 0.1) is 11.3 Å². The molecule has 0 amide bonds. The van der Waals surface area contributed by atoms with Crippen molar-refractivity contribution in [3.63, 3.8) is 0 Å². The minimum atomic E-state index is 0.0839. The molecule has 3 heteroatoms. The summed E-state index contributed by atoms with van der Waals surface area (Å²) in [6.07, 6.45) is 5.99. The SMILES string of the molecule is CCC(NCC1(CO)CCOCC1)C1CC1. The molecule has 2 rings (SSSR count). The zero-order chi connectivity index (χ0) is 11.4. The van der Waals surface area contributed by atoms with E-state index >= 15 is 0 Å². The van der Waals surface area contributed by atoms with E-state index in [2.05, 4.69) is 12.2 Å². The lowest BCUT2D eigenvalue weighted by molar-refractivity contribution is -0.0168. The summed E-state index contributed by atoms with van der Waals surface area (Å²) >= 11 is 0. The Kier molecular flexibility index (Phi) is 4.22. The largest absolute Gasteiger partial charge is 0.396 e. The summed E-state index contributed by atoms with van der Waals surface area (Å²) in [5.74, 6) is 0.903. The quantitative estimate of drug-likeness (QED) is 0.723. The van der Waals surface area contributed by atoms with Gasteiger partial charge >= 0.3 is 0 Å². The van der Waals surface area contributed by atoms with E-state index in [-0.39, 0.29) is 5.41 Å². The Morgan fingerprint density at radius 3 is 2.56 bits per heavy atom. The van der Waals surface area contributed by atoms with Crippen molar-refractivity contribution in [3.05, 3.63) is 0 Å². The Hall–Kier alpha value is -0.120. The summed E-state index contributed by atoms with van der Waals surface area (Å²) in [7, 11) is 0. The van der Waals surface area contributed by atoms with Crippen LogP contribution in [-0.2, 0) is 4.74 Å². The van der Waals surface area contributed by atoms with Crippen LogP contribution in [0.4, 0.5) is 0 Å². The fraction of sp³-hybridized carbons (Fsp3) is 1.00. The monoisotopic (exact) mass is 227 g/mol. The van der Waals surface area contributed by atoms with Crippen molar-refractivity contribution in [1.29, 1.82) is 0 Å². The molecule has 0 aromatic heterocycles. The second-order valence-electron chi connectivity index (χ2n) is 5.50. The second-order valence-corrected chi connectivity index (χ2v) is 5.50. The van der Waals surface area contributed by atoms with Crippen LogP contribution in [0.25, 0.3) is 0 Å². The topological polar surface area (TPSA) is 41.5 Å². The Labute approximate surface area is 98.6 Å². The van der Waals surface area contributed by atoms with Crippen LogP contribution < -0.4 is 5.32 Å². The molecular formula is C13H25NO2. The molecule has 16 heavy (non-hydrogen) atoms. The first-order chi connectivity index (χ1) is 7.79. The molecule has 94 valence electrons. The lowest BCUT2D eigenvalue weighted by Crippen LogP contribution is -2.45. The van der Waals surface area contributed by atoms with Crippen LogP contribution >= 0.6 is 0 Å². The molecule has 0 spiro atoms. The minimum Gasteiger partial charge on any atom is -0.396 e. The standard InChI is InChI=1S/C13H25NO2/c1-2-12(11-3-4-11)14-9-13(10-15)5-7-16-8-6-13/h11-12,14-15H,2-10H2,1H3. The predicted octanol–water partition coefficient (Wildman–Crippen LogP) is 1.55. The Balaban J connectivity index is 1.80. The van der Waals surface area contributed by atoms with E-state index in [4.69, 9.17) is 4.74 Å². The van der Waals surface area contributed by atoms with Crippen LogP contribution in [0.3, 0.4) is 0 Å². The van der Waals surface area contributed by atoms with Gasteiger partial charge in [0.25, 0.3) is 0 Å². The van der Waals surface area contributed by atoms with Gasteiger partial charge < -0.3 is 15.2 Å². The highest BCUT2D eigenvalue weighted by atomic mass is 16.5. The van der Waals surface area contributed by atoms with Crippen molar-refractivity contribution in [3.8, 4) is 0 Å². The maximum Gasteiger partial charge on any atom is 0.0501 e. The van der Waals surface area contributed by atoms with Crippen LogP contribution in [0.5, 0.6) is 0 Å². The van der Waals surface area contributed by atoms with E-state index in [1.165, 1.54) is 19.3 Å². The third kappa shape index (κ3) is 2.96. The van der Waals surface area contributed by atoms with E-state index in [1.54, 1.807) is 0 Å². The van der Waals surface area contributed by atoms with Crippen molar-refractivity contribution >= 4 is 0 Å². The molecule has 3 nitrogen and oxygen atoms in total. The lowest BCUT2D eigenvalue weighted by Gasteiger charge is -2.37. The van der Waals surface area contributed by atoms with Gasteiger partial charge in [-0.15, -0.1) is 0 Å². The molecule has 1 saturated heterocycles. The Morgan fingerprint density at radius 2 is 2.06 bits per heavy atom. The summed E-state index contributed by atoms with van der Waals surface area (Å²) in [4.78, 5) is 0. The van der Waals surface area contributed by atoms with Crippen molar-refractivity contribution in [2.24, 2.45) is 11.3 Å². The van der Waals surface area contributed by atoms with Crippen molar-refractivity contribution in [2.75, 3.05) is 26.4 Å². The average molecular weight is 227 g/mol. The summed E-state index contributed by atoms with van der Waals surface area (Å²) in [6, 6.07) is 0.672. The fourth-order valence-electron chi connectivity index (χ4n) is 2.69. The van der Waals surface area contributed by atoms with Gasteiger partial charge in [0.15, 0.2) is 0 Å². The van der Waals surface area contributed by atoms with Gasteiger partial charge in [0.05, 0.1) is 6.61 Å². The summed E-state index contributed by atoms with van der Waals surface area (Å²) in [6.45, 7) is 5.13. The van der Waals surface area contributed by atoms with Gasteiger partial charge in [-0.1, -0.05) is 6.92 Å². The van der Waals surface area contributed by atoms with Gasteiger partial charge in [-0.2, -0.15) is 0 Å². The molecule has 2 aliphatic rings. The summed E-state index contributed by atoms with van der Waals surface area (Å²) in [5.41, 5.74) is 0.0839. The lowest BCUT2D eigenvalue weighted by atomic mass is 9.80. The van der Waals surface area contributed by atoms with Gasteiger partial charge in [0.1, 0.15) is 0 Å². The number of aliphatic hydroxyl groups is 1. The van der Waals surface area contributed by atoms with E-state index in [1.807, 2.05) is 0 Å². The zero-order valence-electron chi connectivity index (χ0n) is 10.4. The van der Waals surface area contributed by atoms with Crippen molar-refractivity contribution in [1.82, 2.24) is 5.32 Å². The molecule has 0 aromatic carbocycles. The van der Waals surface area contributed by atoms with E-state index in [0.717, 1.165) is 38.5 Å². The highest BCUT2D eigenvalue weighted by molar-refractivity contribution is 4.89. The fourth-order valence-corrected chi connectivity index (χ4v) is 2.69. The normalized spacial score (nSPS) is 26.6. The zero-order valence-corrected chi connectivity index (χ0v) is 10.4. The highest BCUT2D eigenvalue weighted by Gasteiger charge is 2.35. The number of hydrogen-bond donors (Lipinski definition) is 2. The molecule has 2 N–H and O–H groups in total. The number of ether oxygens (including phenoxy) is 1. The van der Waals surface area contributed by atoms with E-state index < -0.39 is 0 Å². The van der Waals surface area contributed by atoms with Crippen LogP contribution in [0.1, 0.15) is 39.0 Å². The average Bonchev–Trinajstić information content (AvgIpc) is 3.16. The summed E-state index contributed by atoms with van der Waals surface area (Å²) in [5, 5.41) is 13.3. The maximum atomic E-state index is 9.59. The molecule has 0 aromatic rings. The highest BCUT2D eigenvalue weighted by Crippen LogP contribution is 2.35. The third-order valence-corrected chi connectivity index (χ3v) is 4.26. The number of nitrogens with one attached hydrogen (secondary N) is 1. The van der Waals surface area contributed by atoms with Gasteiger partial charge in [-0.05, 0) is 38.0 Å². The molecule has 1 heterocycles. The number of aliphatic hydroxyl groups excluding tert-OH is 1.